The van der Waals surface area contributed by atoms with E-state index in [1.54, 1.807) is 44.8 Å². The maximum Gasteiger partial charge on any atom is 0.341 e. The third-order valence-electron chi connectivity index (χ3n) is 4.66. The molecule has 0 saturated carbocycles. The van der Waals surface area contributed by atoms with Gasteiger partial charge in [-0.25, -0.2) is 9.18 Å². The maximum absolute atomic E-state index is 13.2. The van der Waals surface area contributed by atoms with E-state index in [0.29, 0.717) is 27.0 Å². The molecule has 1 N–H and O–H groups in total. The van der Waals surface area contributed by atoms with Crippen molar-refractivity contribution in [2.24, 2.45) is 7.05 Å². The fraction of sp³-hybridized carbons (Fsp3) is 0.286. The van der Waals surface area contributed by atoms with Crippen LogP contribution in [0.5, 0.6) is 0 Å². The lowest BCUT2D eigenvalue weighted by atomic mass is 10.1. The molecule has 0 radical (unpaired) electrons. The second-order valence-corrected chi connectivity index (χ2v) is 9.12. The highest BCUT2D eigenvalue weighted by molar-refractivity contribution is 7.99. The molecule has 2 amide bonds. The van der Waals surface area contributed by atoms with Gasteiger partial charge in [-0.15, -0.1) is 21.5 Å². The monoisotopic (exact) mass is 491 g/mol. The Balaban J connectivity index is 1.75. The van der Waals surface area contributed by atoms with Gasteiger partial charge < -0.3 is 19.5 Å². The molecule has 0 aliphatic heterocycles. The van der Waals surface area contributed by atoms with Gasteiger partial charge in [0.15, 0.2) is 11.0 Å². The lowest BCUT2D eigenvalue weighted by Gasteiger charge is -2.08. The number of hydrogen-bond donors (Lipinski definition) is 1. The highest BCUT2D eigenvalue weighted by atomic mass is 32.2. The number of nitrogens with zero attached hydrogens (tertiary/aromatic N) is 4. The SMILES string of the molecule is COC(=O)c1c(NC(=O)CSc2nnc(-c3ccc(F)cc3)n2C)sc(C(=O)N(C)C)c1C. The number of methoxy groups -OCH3 is 1. The Morgan fingerprint density at radius 3 is 2.48 bits per heavy atom. The Morgan fingerprint density at radius 1 is 1.21 bits per heavy atom. The molecule has 3 rings (SSSR count). The second kappa shape index (κ2) is 10.1. The van der Waals surface area contributed by atoms with Crippen molar-refractivity contribution in [2.75, 3.05) is 32.3 Å². The number of nitrogens with one attached hydrogen (secondary N) is 1. The van der Waals surface area contributed by atoms with E-state index in [9.17, 15) is 18.8 Å². The van der Waals surface area contributed by atoms with Crippen molar-refractivity contribution in [3.8, 4) is 11.4 Å². The molecule has 0 atom stereocenters. The Morgan fingerprint density at radius 2 is 1.88 bits per heavy atom. The Hall–Kier alpha value is -3.25. The zero-order chi connectivity index (χ0) is 24.3. The molecule has 0 saturated heterocycles. The van der Waals surface area contributed by atoms with Gasteiger partial charge in [-0.05, 0) is 36.8 Å². The lowest BCUT2D eigenvalue weighted by molar-refractivity contribution is -0.113. The van der Waals surface area contributed by atoms with Crippen LogP contribution in [0, 0.1) is 12.7 Å². The highest BCUT2D eigenvalue weighted by Crippen LogP contribution is 2.34. The number of rotatable bonds is 7. The molecule has 33 heavy (non-hydrogen) atoms. The molecule has 174 valence electrons. The van der Waals surface area contributed by atoms with Crippen LogP contribution in [0.15, 0.2) is 29.4 Å². The van der Waals surface area contributed by atoms with Gasteiger partial charge in [0.05, 0.1) is 23.3 Å². The zero-order valence-corrected chi connectivity index (χ0v) is 20.3. The third kappa shape index (κ3) is 5.22. The van der Waals surface area contributed by atoms with Crippen LogP contribution in [0.25, 0.3) is 11.4 Å². The van der Waals surface area contributed by atoms with Gasteiger partial charge in [-0.3, -0.25) is 9.59 Å². The van der Waals surface area contributed by atoms with Crippen LogP contribution in [0.4, 0.5) is 9.39 Å². The van der Waals surface area contributed by atoms with Crippen LogP contribution in [0.3, 0.4) is 0 Å². The summed E-state index contributed by atoms with van der Waals surface area (Å²) in [6.07, 6.45) is 0. The molecule has 0 spiro atoms. The van der Waals surface area contributed by atoms with E-state index in [1.165, 1.54) is 24.1 Å². The number of anilines is 1. The molecule has 9 nitrogen and oxygen atoms in total. The standard InChI is InChI=1S/C21H22FN5O4S2/c1-11-15(20(30)31-5)18(33-16(11)19(29)26(2)3)23-14(28)10-32-21-25-24-17(27(21)4)12-6-8-13(22)9-7-12/h6-9H,10H2,1-5H3,(H,23,28). The van der Waals surface area contributed by atoms with Gasteiger partial charge in [0, 0.05) is 26.7 Å². The fourth-order valence-corrected chi connectivity index (χ4v) is 4.88. The van der Waals surface area contributed by atoms with E-state index in [2.05, 4.69) is 15.5 Å². The first-order valence-electron chi connectivity index (χ1n) is 9.65. The molecule has 0 aliphatic carbocycles. The number of benzene rings is 1. The van der Waals surface area contributed by atoms with E-state index in [-0.39, 0.29) is 33.9 Å². The Bertz CT molecular complexity index is 1200. The number of carbonyl (C=O) groups is 3. The van der Waals surface area contributed by atoms with Gasteiger partial charge in [0.25, 0.3) is 5.91 Å². The van der Waals surface area contributed by atoms with Crippen LogP contribution >= 0.6 is 23.1 Å². The van der Waals surface area contributed by atoms with Gasteiger partial charge in [0.2, 0.25) is 5.91 Å². The lowest BCUT2D eigenvalue weighted by Crippen LogP contribution is -2.21. The first-order valence-corrected chi connectivity index (χ1v) is 11.5. The predicted octanol–water partition coefficient (Wildman–Crippen LogP) is 3.21. The van der Waals surface area contributed by atoms with Crippen molar-refractivity contribution in [3.05, 3.63) is 46.1 Å². The van der Waals surface area contributed by atoms with Gasteiger partial charge in [0.1, 0.15) is 10.8 Å². The van der Waals surface area contributed by atoms with Gasteiger partial charge in [-0.2, -0.15) is 0 Å². The van der Waals surface area contributed by atoms with Gasteiger partial charge in [-0.1, -0.05) is 11.8 Å². The Kier molecular flexibility index (Phi) is 7.49. The molecule has 0 bridgehead atoms. The number of ether oxygens (including phenoxy) is 1. The number of aromatic nitrogens is 3. The van der Waals surface area contributed by atoms with Crippen LogP contribution in [0.2, 0.25) is 0 Å². The summed E-state index contributed by atoms with van der Waals surface area (Å²) < 4.78 is 19.7. The van der Waals surface area contributed by atoms with E-state index < -0.39 is 5.97 Å². The summed E-state index contributed by atoms with van der Waals surface area (Å²) in [5.74, 6) is -1.12. The normalized spacial score (nSPS) is 10.7. The molecule has 12 heteroatoms. The smallest absolute Gasteiger partial charge is 0.341 e. The predicted molar refractivity (Wildman–Crippen MR) is 124 cm³/mol. The minimum absolute atomic E-state index is 0.0100. The molecule has 0 aliphatic rings. The Labute approximate surface area is 197 Å². The van der Waals surface area contributed by atoms with E-state index in [1.807, 2.05) is 0 Å². The van der Waals surface area contributed by atoms with Crippen molar-refractivity contribution in [1.29, 1.82) is 0 Å². The number of carbonyl (C=O) groups excluding carboxylic acids is 3. The van der Waals surface area contributed by atoms with Crippen LogP contribution in [-0.4, -0.2) is 64.4 Å². The summed E-state index contributed by atoms with van der Waals surface area (Å²) in [4.78, 5) is 39.1. The molecule has 1 aromatic carbocycles. The van der Waals surface area contributed by atoms with Crippen molar-refractivity contribution in [2.45, 2.75) is 12.1 Å². The topological polar surface area (TPSA) is 106 Å². The first-order chi connectivity index (χ1) is 15.6. The maximum atomic E-state index is 13.2. The number of thioether (sulfide) groups is 1. The largest absolute Gasteiger partial charge is 0.465 e. The first kappa shape index (κ1) is 24.4. The average molecular weight is 492 g/mol. The molecule has 0 fully saturated rings. The molecule has 2 aromatic heterocycles. The van der Waals surface area contributed by atoms with E-state index >= 15 is 0 Å². The molecule has 3 aromatic rings. The molecule has 2 heterocycles. The zero-order valence-electron chi connectivity index (χ0n) is 18.6. The minimum Gasteiger partial charge on any atom is -0.465 e. The molecule has 0 unspecified atom stereocenters. The van der Waals surface area contributed by atoms with Crippen LogP contribution in [0.1, 0.15) is 25.6 Å². The van der Waals surface area contributed by atoms with Crippen molar-refractivity contribution in [1.82, 2.24) is 19.7 Å². The third-order valence-corrected chi connectivity index (χ3v) is 6.87. The van der Waals surface area contributed by atoms with E-state index in [4.69, 9.17) is 4.74 Å². The van der Waals surface area contributed by atoms with Gasteiger partial charge >= 0.3 is 5.97 Å². The molecular formula is C21H22FN5O4S2. The van der Waals surface area contributed by atoms with Crippen molar-refractivity contribution in [3.63, 3.8) is 0 Å². The number of halogens is 1. The number of amides is 2. The minimum atomic E-state index is -0.637. The van der Waals surface area contributed by atoms with E-state index in [0.717, 1.165) is 23.1 Å². The summed E-state index contributed by atoms with van der Waals surface area (Å²) >= 11 is 2.18. The number of thiophene rings is 1. The summed E-state index contributed by atoms with van der Waals surface area (Å²) in [7, 11) is 6.20. The fourth-order valence-electron chi connectivity index (χ4n) is 2.94. The second-order valence-electron chi connectivity index (χ2n) is 7.16. The highest BCUT2D eigenvalue weighted by Gasteiger charge is 2.27. The summed E-state index contributed by atoms with van der Waals surface area (Å²) in [5, 5.41) is 11.7. The van der Waals surface area contributed by atoms with Crippen LogP contribution < -0.4 is 5.32 Å². The number of hydrogen-bond acceptors (Lipinski definition) is 8. The van der Waals surface area contributed by atoms with Crippen LogP contribution in [-0.2, 0) is 16.6 Å². The summed E-state index contributed by atoms with van der Waals surface area (Å²) in [5.41, 5.74) is 1.30. The quantitative estimate of drug-likeness (QED) is 0.400. The summed E-state index contributed by atoms with van der Waals surface area (Å²) in [6.45, 7) is 1.64. The molecular weight excluding hydrogens is 469 g/mol. The summed E-state index contributed by atoms with van der Waals surface area (Å²) in [6, 6.07) is 5.87. The number of esters is 1. The van der Waals surface area contributed by atoms with Crippen molar-refractivity contribution >= 4 is 45.9 Å². The van der Waals surface area contributed by atoms with Crippen molar-refractivity contribution < 1.29 is 23.5 Å². The average Bonchev–Trinajstić information content (AvgIpc) is 3.31.